The molecular formula is C24H33N5O2. The van der Waals surface area contributed by atoms with Gasteiger partial charge in [0.25, 0.3) is 11.8 Å². The number of imidazole rings is 1. The average molecular weight is 424 g/mol. The zero-order valence-corrected chi connectivity index (χ0v) is 18.5. The van der Waals surface area contributed by atoms with Crippen LogP contribution in [0.4, 0.5) is 0 Å². The zero-order chi connectivity index (χ0) is 21.8. The van der Waals surface area contributed by atoms with E-state index in [1.807, 2.05) is 12.1 Å². The minimum atomic E-state index is -0.116. The molecule has 166 valence electrons. The number of piperidine rings is 1. The molecule has 2 amide bonds. The summed E-state index contributed by atoms with van der Waals surface area (Å²) in [5.41, 5.74) is 7.93. The molecule has 3 heterocycles. The van der Waals surface area contributed by atoms with Crippen molar-refractivity contribution in [3.05, 3.63) is 35.8 Å². The Kier molecular flexibility index (Phi) is 5.04. The number of nitrogens with one attached hydrogen (secondary N) is 1. The highest BCUT2D eigenvalue weighted by atomic mass is 16.2. The number of carbonyl (C=O) groups excluding carboxylic acids is 2. The van der Waals surface area contributed by atoms with Crippen LogP contribution in [0, 0.1) is 23.2 Å². The second-order valence-electron chi connectivity index (χ2n) is 10.3. The van der Waals surface area contributed by atoms with E-state index in [1.165, 1.54) is 19.3 Å². The highest BCUT2D eigenvalue weighted by Crippen LogP contribution is 2.61. The van der Waals surface area contributed by atoms with Gasteiger partial charge >= 0.3 is 0 Å². The maximum Gasteiger partial charge on any atom is 0.274 e. The van der Waals surface area contributed by atoms with Crippen molar-refractivity contribution in [1.29, 1.82) is 0 Å². The van der Waals surface area contributed by atoms with Gasteiger partial charge in [-0.1, -0.05) is 19.9 Å². The van der Waals surface area contributed by atoms with Gasteiger partial charge in [0.2, 0.25) is 0 Å². The van der Waals surface area contributed by atoms with Crippen LogP contribution in [0.2, 0.25) is 0 Å². The van der Waals surface area contributed by atoms with Gasteiger partial charge in [0.1, 0.15) is 17.0 Å². The lowest BCUT2D eigenvalue weighted by Crippen LogP contribution is -2.54. The molecule has 7 nitrogen and oxygen atoms in total. The van der Waals surface area contributed by atoms with Crippen LogP contribution in [0.1, 0.15) is 66.9 Å². The third kappa shape index (κ3) is 3.53. The van der Waals surface area contributed by atoms with Crippen LogP contribution in [0.3, 0.4) is 0 Å². The molecule has 3 aliphatic carbocycles. The Bertz CT molecular complexity index is 1010. The van der Waals surface area contributed by atoms with E-state index in [2.05, 4.69) is 24.1 Å². The lowest BCUT2D eigenvalue weighted by molar-refractivity contribution is -0.103. The first kappa shape index (κ1) is 20.5. The van der Waals surface area contributed by atoms with Gasteiger partial charge < -0.3 is 16.0 Å². The second-order valence-corrected chi connectivity index (χ2v) is 10.3. The van der Waals surface area contributed by atoms with E-state index in [1.54, 1.807) is 21.6 Å². The average Bonchev–Trinajstić information content (AvgIpc) is 3.21. The zero-order valence-electron chi connectivity index (χ0n) is 18.5. The summed E-state index contributed by atoms with van der Waals surface area (Å²) in [4.78, 5) is 32.2. The number of pyridine rings is 1. The molecule has 1 unspecified atom stereocenters. The molecule has 2 aromatic heterocycles. The first-order valence-electron chi connectivity index (χ1n) is 11.7. The van der Waals surface area contributed by atoms with Crippen molar-refractivity contribution in [1.82, 2.24) is 19.6 Å². The van der Waals surface area contributed by atoms with Gasteiger partial charge in [0.15, 0.2) is 0 Å². The molecule has 0 aromatic carbocycles. The topological polar surface area (TPSA) is 92.7 Å². The largest absolute Gasteiger partial charge is 0.350 e. The number of hydrogen-bond acceptors (Lipinski definition) is 4. The highest BCUT2D eigenvalue weighted by Gasteiger charge is 2.53. The molecule has 4 aliphatic rings. The van der Waals surface area contributed by atoms with Crippen molar-refractivity contribution in [3.8, 4) is 0 Å². The molecule has 7 heteroatoms. The fourth-order valence-electron chi connectivity index (χ4n) is 6.18. The molecule has 3 saturated carbocycles. The Morgan fingerprint density at radius 1 is 1.26 bits per heavy atom. The lowest BCUT2D eigenvalue weighted by Gasteiger charge is -2.60. The van der Waals surface area contributed by atoms with E-state index in [9.17, 15) is 9.59 Å². The maximum atomic E-state index is 13.0. The van der Waals surface area contributed by atoms with Crippen molar-refractivity contribution in [2.75, 3.05) is 19.6 Å². The Morgan fingerprint density at radius 2 is 2.10 bits per heavy atom. The third-order valence-electron chi connectivity index (χ3n) is 8.22. The van der Waals surface area contributed by atoms with Crippen molar-refractivity contribution >= 4 is 17.5 Å². The molecule has 0 radical (unpaired) electrons. The van der Waals surface area contributed by atoms with Gasteiger partial charge in [-0.25, -0.2) is 4.98 Å². The van der Waals surface area contributed by atoms with E-state index in [-0.39, 0.29) is 17.9 Å². The van der Waals surface area contributed by atoms with Gasteiger partial charge in [-0.15, -0.1) is 0 Å². The molecule has 2 bridgehead atoms. The number of fused-ring (bicyclic) bond motifs is 3. The highest BCUT2D eigenvalue weighted by molar-refractivity contribution is 5.95. The first-order chi connectivity index (χ1) is 14.8. The standard InChI is InChI=1S/C24H33N5O2/c1-24(2)16-9-8-15(18(24)11-16)12-26-22(30)20-6-3-7-21-27-19(14-29(20)21)23(31)28-10-4-5-17(25)13-28/h3,6-7,14-18H,4-5,8-13,25H2,1-2H3,(H,26,30)/t15-,16-,17?,18-/m0/s1. The molecule has 1 aliphatic heterocycles. The molecule has 6 rings (SSSR count). The minimum Gasteiger partial charge on any atom is -0.350 e. The molecule has 3 N–H and O–H groups in total. The lowest BCUT2D eigenvalue weighted by atomic mass is 9.45. The quantitative estimate of drug-likeness (QED) is 0.791. The summed E-state index contributed by atoms with van der Waals surface area (Å²) in [6.07, 6.45) is 7.31. The van der Waals surface area contributed by atoms with Crippen LogP contribution >= 0.6 is 0 Å². The Hall–Kier alpha value is -2.41. The van der Waals surface area contributed by atoms with Crippen molar-refractivity contribution in [2.45, 2.75) is 52.0 Å². The summed E-state index contributed by atoms with van der Waals surface area (Å²) in [7, 11) is 0. The van der Waals surface area contributed by atoms with Gasteiger partial charge in [-0.3, -0.25) is 14.0 Å². The van der Waals surface area contributed by atoms with Gasteiger partial charge in [0, 0.05) is 31.9 Å². The normalized spacial score (nSPS) is 29.5. The number of nitrogens with two attached hydrogens (primary N) is 1. The van der Waals surface area contributed by atoms with E-state index in [0.717, 1.165) is 18.8 Å². The molecule has 4 atom stereocenters. The molecule has 0 spiro atoms. The SMILES string of the molecule is CC1(C)[C@H]2CC[C@@H](CNC(=O)c3cccc4nc(C(=O)N5CCCC(N)C5)cn34)[C@@H]1C2. The number of likely N-dealkylation sites (tertiary alicyclic amines) is 1. The third-order valence-corrected chi connectivity index (χ3v) is 8.22. The van der Waals surface area contributed by atoms with Gasteiger partial charge in [-0.2, -0.15) is 0 Å². The fourth-order valence-corrected chi connectivity index (χ4v) is 6.18. The molecule has 4 fully saturated rings. The number of rotatable bonds is 4. The second kappa shape index (κ2) is 7.62. The number of aromatic nitrogens is 2. The number of hydrogen-bond donors (Lipinski definition) is 2. The van der Waals surface area contributed by atoms with Crippen LogP contribution in [0.25, 0.3) is 5.65 Å². The monoisotopic (exact) mass is 423 g/mol. The minimum absolute atomic E-state index is 0.0202. The van der Waals surface area contributed by atoms with Crippen molar-refractivity contribution in [3.63, 3.8) is 0 Å². The number of nitrogens with zero attached hydrogens (tertiary/aromatic N) is 3. The maximum absolute atomic E-state index is 13.0. The van der Waals surface area contributed by atoms with Gasteiger partial charge in [0.05, 0.1) is 0 Å². The summed E-state index contributed by atoms with van der Waals surface area (Å²) < 4.78 is 1.73. The van der Waals surface area contributed by atoms with E-state index < -0.39 is 0 Å². The van der Waals surface area contributed by atoms with Crippen LogP contribution in [-0.2, 0) is 0 Å². The summed E-state index contributed by atoms with van der Waals surface area (Å²) in [6, 6.07) is 5.46. The number of carbonyl (C=O) groups is 2. The molecule has 1 saturated heterocycles. The predicted molar refractivity (Wildman–Crippen MR) is 119 cm³/mol. The van der Waals surface area contributed by atoms with Crippen LogP contribution < -0.4 is 11.1 Å². The van der Waals surface area contributed by atoms with Crippen molar-refractivity contribution in [2.24, 2.45) is 28.9 Å². The van der Waals surface area contributed by atoms with Crippen LogP contribution in [-0.4, -0.2) is 51.8 Å². The molecule has 31 heavy (non-hydrogen) atoms. The van der Waals surface area contributed by atoms with Crippen molar-refractivity contribution < 1.29 is 9.59 Å². The van der Waals surface area contributed by atoms with Gasteiger partial charge in [-0.05, 0) is 67.4 Å². The Balaban J connectivity index is 1.30. The first-order valence-corrected chi connectivity index (χ1v) is 11.7. The molecular weight excluding hydrogens is 390 g/mol. The molecule has 2 aromatic rings. The Morgan fingerprint density at radius 3 is 2.84 bits per heavy atom. The predicted octanol–water partition coefficient (Wildman–Crippen LogP) is 2.70. The van der Waals surface area contributed by atoms with E-state index in [0.29, 0.717) is 53.9 Å². The summed E-state index contributed by atoms with van der Waals surface area (Å²) in [5, 5.41) is 3.16. The summed E-state index contributed by atoms with van der Waals surface area (Å²) >= 11 is 0. The smallest absolute Gasteiger partial charge is 0.274 e. The number of amides is 2. The fraction of sp³-hybridized carbons (Fsp3) is 0.625. The van der Waals surface area contributed by atoms with Crippen LogP contribution in [0.15, 0.2) is 24.4 Å². The Labute approximate surface area is 183 Å². The van der Waals surface area contributed by atoms with Crippen LogP contribution in [0.5, 0.6) is 0 Å². The van der Waals surface area contributed by atoms with E-state index >= 15 is 0 Å². The summed E-state index contributed by atoms with van der Waals surface area (Å²) in [6.45, 7) is 6.72. The summed E-state index contributed by atoms with van der Waals surface area (Å²) in [5.74, 6) is 1.88. The van der Waals surface area contributed by atoms with E-state index in [4.69, 9.17) is 5.73 Å².